The number of hydrogen-bond donors (Lipinski definition) is 0. The van der Waals surface area contributed by atoms with Gasteiger partial charge in [-0.25, -0.2) is 4.74 Å². The molecule has 0 bridgehead atoms. The van der Waals surface area contributed by atoms with Crippen LogP contribution in [0.1, 0.15) is 43.1 Å². The number of hydrogen-bond acceptors (Lipinski definition) is 2. The zero-order valence-electron chi connectivity index (χ0n) is 6.34. The van der Waals surface area contributed by atoms with Gasteiger partial charge in [0.25, 0.3) is 0 Å². The molecule has 0 saturated heterocycles. The standard InChI is InChI=1S/C3H7NO.C3H6O.3CH4/c1-3-4(2)5;1-3(2)4;;;/h3H,1-2H3;1-2H3;3*1H4. The van der Waals surface area contributed by atoms with E-state index in [-0.39, 0.29) is 28.1 Å². The Morgan fingerprint density at radius 2 is 1.33 bits per heavy atom. The lowest BCUT2D eigenvalue weighted by Gasteiger charge is -1.86. The summed E-state index contributed by atoms with van der Waals surface area (Å²) in [6, 6.07) is 0. The fourth-order valence-electron chi connectivity index (χ4n) is 0. The first-order chi connectivity index (χ1) is 4.00. The molecule has 0 aliphatic rings. The summed E-state index contributed by atoms with van der Waals surface area (Å²) in [5, 5.41) is 9.67. The molecule has 0 saturated carbocycles. The molecule has 0 atom stereocenters. The molecule has 0 rings (SSSR count). The maximum Gasteiger partial charge on any atom is 0.147 e. The van der Waals surface area contributed by atoms with Crippen molar-refractivity contribution in [3.63, 3.8) is 0 Å². The Morgan fingerprint density at radius 1 is 1.25 bits per heavy atom. The van der Waals surface area contributed by atoms with Gasteiger partial charge >= 0.3 is 0 Å². The summed E-state index contributed by atoms with van der Waals surface area (Å²) in [6.45, 7) is 4.74. The van der Waals surface area contributed by atoms with Crippen LogP contribution < -0.4 is 0 Å². The highest BCUT2D eigenvalue weighted by Gasteiger charge is 1.62. The first-order valence-electron chi connectivity index (χ1n) is 2.67. The molecule has 12 heavy (non-hydrogen) atoms. The van der Waals surface area contributed by atoms with Crippen molar-refractivity contribution in [2.75, 3.05) is 7.05 Å². The summed E-state index contributed by atoms with van der Waals surface area (Å²) >= 11 is 0. The Bertz CT molecular complexity index is 101. The van der Waals surface area contributed by atoms with Gasteiger partial charge in [0, 0.05) is 6.92 Å². The minimum absolute atomic E-state index is 0. The molecule has 0 aliphatic carbocycles. The first kappa shape index (κ1) is 30.4. The number of ketones is 1. The highest BCUT2D eigenvalue weighted by Crippen LogP contribution is 1.50. The second-order valence-corrected chi connectivity index (χ2v) is 1.71. The SMILES string of the molecule is C.C.C.CC(C)=O.CC=[N+](C)[O-]. The zero-order chi connectivity index (χ0) is 7.86. The van der Waals surface area contributed by atoms with Crippen molar-refractivity contribution in [2.24, 2.45) is 0 Å². The lowest BCUT2D eigenvalue weighted by Crippen LogP contribution is -1.89. The third kappa shape index (κ3) is 466. The van der Waals surface area contributed by atoms with Crippen LogP contribution in [0.25, 0.3) is 0 Å². The van der Waals surface area contributed by atoms with Crippen LogP contribution in [0.5, 0.6) is 0 Å². The molecule has 3 nitrogen and oxygen atoms in total. The van der Waals surface area contributed by atoms with Crippen molar-refractivity contribution in [1.82, 2.24) is 0 Å². The van der Waals surface area contributed by atoms with Crippen LogP contribution in [0.3, 0.4) is 0 Å². The van der Waals surface area contributed by atoms with E-state index in [0.29, 0.717) is 0 Å². The van der Waals surface area contributed by atoms with Crippen molar-refractivity contribution in [3.8, 4) is 0 Å². The second kappa shape index (κ2) is 22.5. The third-order valence-corrected chi connectivity index (χ3v) is 0.364. The molecular formula is C9H25NO2. The van der Waals surface area contributed by atoms with Crippen molar-refractivity contribution in [3.05, 3.63) is 5.21 Å². The van der Waals surface area contributed by atoms with Crippen molar-refractivity contribution < 1.29 is 9.53 Å². The summed E-state index contributed by atoms with van der Waals surface area (Å²) in [6.07, 6.45) is 1.44. The van der Waals surface area contributed by atoms with Gasteiger partial charge < -0.3 is 10.0 Å². The molecule has 0 N–H and O–H groups in total. The summed E-state index contributed by atoms with van der Waals surface area (Å²) in [5.41, 5.74) is 0. The van der Waals surface area contributed by atoms with Crippen LogP contribution >= 0.6 is 0 Å². The number of nitrogens with zero attached hydrogens (tertiary/aromatic N) is 1. The molecule has 78 valence electrons. The van der Waals surface area contributed by atoms with Crippen molar-refractivity contribution >= 4 is 12.0 Å². The quantitative estimate of drug-likeness (QED) is 0.248. The average Bonchev–Trinajstić information content (AvgIpc) is 1.65. The third-order valence-electron chi connectivity index (χ3n) is 0.364. The van der Waals surface area contributed by atoms with Gasteiger partial charge in [-0.15, -0.1) is 0 Å². The number of carbonyl (C=O) groups excluding carboxylic acids is 1. The Hall–Kier alpha value is -0.860. The predicted molar refractivity (Wildman–Crippen MR) is 57.8 cm³/mol. The average molecular weight is 179 g/mol. The molecule has 0 aliphatic heterocycles. The molecule has 0 radical (unpaired) electrons. The maximum absolute atomic E-state index is 9.67. The van der Waals surface area contributed by atoms with Crippen LogP contribution in [0, 0.1) is 5.21 Å². The van der Waals surface area contributed by atoms with Gasteiger partial charge in [0.1, 0.15) is 19.0 Å². The molecule has 0 amide bonds. The highest BCUT2D eigenvalue weighted by molar-refractivity contribution is 5.72. The van der Waals surface area contributed by atoms with Crippen LogP contribution in [0.15, 0.2) is 0 Å². The summed E-state index contributed by atoms with van der Waals surface area (Å²) in [4.78, 5) is 9.44. The Balaban J connectivity index is -0.0000000221. The minimum atomic E-state index is 0. The Kier molecular flexibility index (Phi) is 56.9. The molecule has 0 spiro atoms. The van der Waals surface area contributed by atoms with E-state index in [9.17, 15) is 10.0 Å². The van der Waals surface area contributed by atoms with Gasteiger partial charge in [0.15, 0.2) is 0 Å². The smallest absolute Gasteiger partial charge is 0.147 e. The monoisotopic (exact) mass is 179 g/mol. The lowest BCUT2D eigenvalue weighted by molar-refractivity contribution is -0.417. The van der Waals surface area contributed by atoms with E-state index in [4.69, 9.17) is 0 Å². The predicted octanol–water partition coefficient (Wildman–Crippen LogP) is 2.72. The number of Topliss-reactive ketones (excluding diaryl/α,β-unsaturated/α-hetero) is 1. The van der Waals surface area contributed by atoms with E-state index in [0.717, 1.165) is 4.74 Å². The van der Waals surface area contributed by atoms with E-state index < -0.39 is 0 Å². The molecule has 0 aromatic rings. The largest absolute Gasteiger partial charge is 0.624 e. The second-order valence-electron chi connectivity index (χ2n) is 1.71. The van der Waals surface area contributed by atoms with Crippen LogP contribution in [0.2, 0.25) is 0 Å². The Morgan fingerprint density at radius 3 is 1.33 bits per heavy atom. The van der Waals surface area contributed by atoms with Gasteiger partial charge in [-0.05, 0) is 13.8 Å². The zero-order valence-corrected chi connectivity index (χ0v) is 6.34. The lowest BCUT2D eigenvalue weighted by atomic mass is 10.6. The van der Waals surface area contributed by atoms with Gasteiger partial charge in [0.2, 0.25) is 0 Å². The summed E-state index contributed by atoms with van der Waals surface area (Å²) in [5.74, 6) is 0.167. The molecule has 0 fully saturated rings. The van der Waals surface area contributed by atoms with Gasteiger partial charge in [-0.2, -0.15) is 0 Å². The molecule has 0 aromatic carbocycles. The number of rotatable bonds is 0. The van der Waals surface area contributed by atoms with Gasteiger partial charge in [-0.1, -0.05) is 22.3 Å². The van der Waals surface area contributed by atoms with Gasteiger partial charge in [-0.3, -0.25) is 0 Å². The topological polar surface area (TPSA) is 43.1 Å². The van der Waals surface area contributed by atoms with E-state index in [1.165, 1.54) is 27.1 Å². The molecule has 0 aromatic heterocycles. The van der Waals surface area contributed by atoms with E-state index in [2.05, 4.69) is 0 Å². The first-order valence-corrected chi connectivity index (χ1v) is 2.67. The summed E-state index contributed by atoms with van der Waals surface area (Å²) < 4.78 is 0.750. The molecular weight excluding hydrogens is 154 g/mol. The fraction of sp³-hybridized carbons (Fsp3) is 0.778. The number of carbonyl (C=O) groups is 1. The summed E-state index contributed by atoms with van der Waals surface area (Å²) in [7, 11) is 1.44. The fourth-order valence-corrected chi connectivity index (χ4v) is 0. The van der Waals surface area contributed by atoms with Crippen LogP contribution in [0.4, 0.5) is 0 Å². The number of hydroxylamine groups is 1. The van der Waals surface area contributed by atoms with E-state index >= 15 is 0 Å². The normalized spacial score (nSPS) is 7.17. The minimum Gasteiger partial charge on any atom is -0.624 e. The molecule has 3 heteroatoms. The van der Waals surface area contributed by atoms with Crippen molar-refractivity contribution in [1.29, 1.82) is 0 Å². The maximum atomic E-state index is 9.67. The van der Waals surface area contributed by atoms with E-state index in [1.54, 1.807) is 6.92 Å². The van der Waals surface area contributed by atoms with Crippen LogP contribution in [-0.2, 0) is 4.79 Å². The molecule has 0 unspecified atom stereocenters. The van der Waals surface area contributed by atoms with Crippen molar-refractivity contribution in [2.45, 2.75) is 43.1 Å². The molecule has 0 heterocycles. The Labute approximate surface area is 77.7 Å². The highest BCUT2D eigenvalue weighted by atomic mass is 16.5. The van der Waals surface area contributed by atoms with E-state index in [1.807, 2.05) is 0 Å². The van der Waals surface area contributed by atoms with Crippen LogP contribution in [-0.4, -0.2) is 23.8 Å². The van der Waals surface area contributed by atoms with Gasteiger partial charge in [0.05, 0.1) is 0 Å².